The second-order valence-corrected chi connectivity index (χ2v) is 6.09. The minimum absolute atomic E-state index is 0.444. The normalized spacial score (nSPS) is 12.7. The maximum Gasteiger partial charge on any atom is 0.0291 e. The summed E-state index contributed by atoms with van der Waals surface area (Å²) in [6.07, 6.45) is 1.25. The molecular weight excluding hydrogens is 282 g/mol. The van der Waals surface area contributed by atoms with Crippen molar-refractivity contribution in [2.24, 2.45) is 0 Å². The topological polar surface area (TPSA) is 12.0 Å². The van der Waals surface area contributed by atoms with Gasteiger partial charge in [0.25, 0.3) is 0 Å². The smallest absolute Gasteiger partial charge is 0.0291 e. The Bertz CT molecular complexity index is 286. The average molecular weight is 302 g/mol. The number of rotatable bonds is 7. The van der Waals surface area contributed by atoms with E-state index >= 15 is 0 Å². The zero-order valence-electron chi connectivity index (χ0n) is 10.0. The summed E-state index contributed by atoms with van der Waals surface area (Å²) in [6.45, 7) is 5.53. The summed E-state index contributed by atoms with van der Waals surface area (Å²) in [6, 6.07) is 8.98. The molecule has 0 unspecified atom stereocenters. The number of hydrogen-bond acceptors (Lipinski definition) is 2. The van der Waals surface area contributed by atoms with E-state index in [0.717, 1.165) is 11.0 Å². The fourth-order valence-electron chi connectivity index (χ4n) is 1.51. The molecule has 0 heterocycles. The first-order chi connectivity index (χ1) is 7.74. The van der Waals surface area contributed by atoms with E-state index in [4.69, 9.17) is 0 Å². The van der Waals surface area contributed by atoms with Gasteiger partial charge in [-0.2, -0.15) is 11.8 Å². The molecule has 1 atom stereocenters. The van der Waals surface area contributed by atoms with Crippen molar-refractivity contribution in [3.8, 4) is 0 Å². The van der Waals surface area contributed by atoms with Gasteiger partial charge in [0.2, 0.25) is 0 Å². The molecule has 1 aromatic rings. The van der Waals surface area contributed by atoms with Gasteiger partial charge in [-0.05, 0) is 49.1 Å². The standard InChI is InChI=1S/C13H20BrNS/c1-3-16-10-4-9-15-11(2)12-5-7-13(14)8-6-12/h5-8,11,15H,3-4,9-10H2,1-2H3/t11-/m0/s1. The zero-order valence-corrected chi connectivity index (χ0v) is 12.4. The first-order valence-corrected chi connectivity index (χ1v) is 7.75. The summed E-state index contributed by atoms with van der Waals surface area (Å²) < 4.78 is 1.14. The SMILES string of the molecule is CCSCCCN[C@@H](C)c1ccc(Br)cc1. The Labute approximate surface area is 112 Å². The molecule has 0 bridgehead atoms. The second kappa shape index (κ2) is 8.15. The highest BCUT2D eigenvalue weighted by molar-refractivity contribution is 9.10. The van der Waals surface area contributed by atoms with Gasteiger partial charge in [0.15, 0.2) is 0 Å². The molecule has 0 aliphatic rings. The molecule has 0 amide bonds. The maximum atomic E-state index is 3.55. The van der Waals surface area contributed by atoms with Crippen LogP contribution in [0.3, 0.4) is 0 Å². The molecule has 1 N–H and O–H groups in total. The summed E-state index contributed by atoms with van der Waals surface area (Å²) >= 11 is 5.46. The van der Waals surface area contributed by atoms with Crippen LogP contribution >= 0.6 is 27.7 Å². The van der Waals surface area contributed by atoms with Crippen LogP contribution in [-0.4, -0.2) is 18.1 Å². The lowest BCUT2D eigenvalue weighted by atomic mass is 10.1. The third kappa shape index (κ3) is 5.37. The molecule has 0 aliphatic carbocycles. The Morgan fingerprint density at radius 3 is 2.62 bits per heavy atom. The van der Waals surface area contributed by atoms with Crippen molar-refractivity contribution < 1.29 is 0 Å². The Morgan fingerprint density at radius 2 is 2.00 bits per heavy atom. The van der Waals surface area contributed by atoms with Crippen LogP contribution in [0, 0.1) is 0 Å². The molecule has 0 spiro atoms. The second-order valence-electron chi connectivity index (χ2n) is 3.78. The van der Waals surface area contributed by atoms with Gasteiger partial charge in [-0.1, -0.05) is 35.0 Å². The number of nitrogens with one attached hydrogen (secondary N) is 1. The molecule has 0 aliphatic heterocycles. The van der Waals surface area contributed by atoms with Gasteiger partial charge < -0.3 is 5.32 Å². The van der Waals surface area contributed by atoms with Gasteiger partial charge in [0.05, 0.1) is 0 Å². The van der Waals surface area contributed by atoms with E-state index in [2.05, 4.69) is 59.4 Å². The molecule has 0 aromatic heterocycles. The zero-order chi connectivity index (χ0) is 11.8. The van der Waals surface area contributed by atoms with Crippen molar-refractivity contribution in [2.75, 3.05) is 18.1 Å². The van der Waals surface area contributed by atoms with Crippen LogP contribution in [0.25, 0.3) is 0 Å². The number of thioether (sulfide) groups is 1. The van der Waals surface area contributed by atoms with Crippen molar-refractivity contribution in [1.82, 2.24) is 5.32 Å². The highest BCUT2D eigenvalue weighted by Crippen LogP contribution is 2.16. The minimum Gasteiger partial charge on any atom is -0.310 e. The predicted molar refractivity (Wildman–Crippen MR) is 78.2 cm³/mol. The van der Waals surface area contributed by atoms with Crippen LogP contribution in [0.15, 0.2) is 28.7 Å². The van der Waals surface area contributed by atoms with Gasteiger partial charge in [-0.25, -0.2) is 0 Å². The quantitative estimate of drug-likeness (QED) is 0.756. The van der Waals surface area contributed by atoms with E-state index in [9.17, 15) is 0 Å². The lowest BCUT2D eigenvalue weighted by molar-refractivity contribution is 0.572. The third-order valence-electron chi connectivity index (χ3n) is 2.49. The van der Waals surface area contributed by atoms with Crippen LogP contribution in [0.1, 0.15) is 31.9 Å². The molecule has 1 rings (SSSR count). The first kappa shape index (κ1) is 14.1. The molecule has 0 radical (unpaired) electrons. The number of benzene rings is 1. The summed E-state index contributed by atoms with van der Waals surface area (Å²) in [7, 11) is 0. The summed E-state index contributed by atoms with van der Waals surface area (Å²) in [5, 5.41) is 3.55. The van der Waals surface area contributed by atoms with Gasteiger partial charge in [0.1, 0.15) is 0 Å². The van der Waals surface area contributed by atoms with Crippen molar-refractivity contribution >= 4 is 27.7 Å². The maximum absolute atomic E-state index is 3.55. The summed E-state index contributed by atoms with van der Waals surface area (Å²) in [4.78, 5) is 0. The van der Waals surface area contributed by atoms with E-state index in [0.29, 0.717) is 6.04 Å². The van der Waals surface area contributed by atoms with Crippen LogP contribution < -0.4 is 5.32 Å². The molecule has 16 heavy (non-hydrogen) atoms. The van der Waals surface area contributed by atoms with Crippen molar-refractivity contribution in [3.63, 3.8) is 0 Å². The molecule has 0 saturated heterocycles. The van der Waals surface area contributed by atoms with E-state index in [1.54, 1.807) is 0 Å². The van der Waals surface area contributed by atoms with E-state index in [1.807, 2.05) is 11.8 Å². The highest BCUT2D eigenvalue weighted by Gasteiger charge is 2.03. The fraction of sp³-hybridized carbons (Fsp3) is 0.538. The van der Waals surface area contributed by atoms with Crippen LogP contribution in [0.5, 0.6) is 0 Å². The van der Waals surface area contributed by atoms with Crippen LogP contribution in [0.4, 0.5) is 0 Å². The van der Waals surface area contributed by atoms with Crippen LogP contribution in [-0.2, 0) is 0 Å². The predicted octanol–water partition coefficient (Wildman–Crippen LogP) is 4.24. The molecule has 3 heteroatoms. The monoisotopic (exact) mass is 301 g/mol. The molecule has 1 aromatic carbocycles. The number of halogens is 1. The highest BCUT2D eigenvalue weighted by atomic mass is 79.9. The molecule has 0 fully saturated rings. The van der Waals surface area contributed by atoms with Crippen molar-refractivity contribution in [2.45, 2.75) is 26.3 Å². The Morgan fingerprint density at radius 1 is 1.31 bits per heavy atom. The fourth-order valence-corrected chi connectivity index (χ4v) is 2.41. The molecular formula is C13H20BrNS. The Kier molecular flexibility index (Phi) is 7.17. The molecule has 0 saturated carbocycles. The molecule has 90 valence electrons. The average Bonchev–Trinajstić information content (AvgIpc) is 2.29. The van der Waals surface area contributed by atoms with Gasteiger partial charge in [-0.3, -0.25) is 0 Å². The lowest BCUT2D eigenvalue weighted by Crippen LogP contribution is -2.20. The third-order valence-corrected chi connectivity index (χ3v) is 4.00. The number of hydrogen-bond donors (Lipinski definition) is 1. The van der Waals surface area contributed by atoms with Crippen molar-refractivity contribution in [3.05, 3.63) is 34.3 Å². The first-order valence-electron chi connectivity index (χ1n) is 5.80. The Hall–Kier alpha value is 0.01000. The van der Waals surface area contributed by atoms with Crippen LogP contribution in [0.2, 0.25) is 0 Å². The molecule has 1 nitrogen and oxygen atoms in total. The van der Waals surface area contributed by atoms with E-state index in [-0.39, 0.29) is 0 Å². The van der Waals surface area contributed by atoms with Crippen molar-refractivity contribution in [1.29, 1.82) is 0 Å². The van der Waals surface area contributed by atoms with Gasteiger partial charge in [-0.15, -0.1) is 0 Å². The largest absolute Gasteiger partial charge is 0.310 e. The summed E-state index contributed by atoms with van der Waals surface area (Å²) in [5.74, 6) is 2.48. The summed E-state index contributed by atoms with van der Waals surface area (Å²) in [5.41, 5.74) is 1.35. The minimum atomic E-state index is 0.444. The lowest BCUT2D eigenvalue weighted by Gasteiger charge is -2.14. The van der Waals surface area contributed by atoms with E-state index in [1.165, 1.54) is 23.5 Å². The van der Waals surface area contributed by atoms with Gasteiger partial charge >= 0.3 is 0 Å². The van der Waals surface area contributed by atoms with Gasteiger partial charge in [0, 0.05) is 10.5 Å². The Balaban J connectivity index is 2.24. The van der Waals surface area contributed by atoms with E-state index < -0.39 is 0 Å².